The van der Waals surface area contributed by atoms with E-state index in [2.05, 4.69) is 0 Å². The van der Waals surface area contributed by atoms with Crippen molar-refractivity contribution in [3.63, 3.8) is 0 Å². The van der Waals surface area contributed by atoms with E-state index in [1.165, 1.54) is 12.1 Å². The Morgan fingerprint density at radius 1 is 1.48 bits per heavy atom. The molecule has 0 saturated carbocycles. The summed E-state index contributed by atoms with van der Waals surface area (Å²) in [5, 5.41) is 9.90. The Balaban J connectivity index is 2.49. The lowest BCUT2D eigenvalue weighted by Crippen LogP contribution is -2.43. The zero-order valence-electron chi connectivity index (χ0n) is 11.3. The molecule has 1 amide bonds. The van der Waals surface area contributed by atoms with E-state index in [0.29, 0.717) is 5.56 Å². The summed E-state index contributed by atoms with van der Waals surface area (Å²) in [6.45, 7) is 1.44. The number of hydrogen-bond donors (Lipinski definition) is 3. The average molecular weight is 334 g/mol. The highest BCUT2D eigenvalue weighted by Gasteiger charge is 2.42. The van der Waals surface area contributed by atoms with E-state index >= 15 is 0 Å². The lowest BCUT2D eigenvalue weighted by atomic mass is 10.2. The summed E-state index contributed by atoms with van der Waals surface area (Å²) in [6.07, 6.45) is -0.945. The van der Waals surface area contributed by atoms with Gasteiger partial charge in [-0.1, -0.05) is 11.6 Å². The topological polar surface area (TPSA) is 127 Å². The van der Waals surface area contributed by atoms with Gasteiger partial charge in [-0.3, -0.25) is 4.79 Å². The van der Waals surface area contributed by atoms with Crippen molar-refractivity contribution in [2.45, 2.75) is 30.4 Å². The van der Waals surface area contributed by atoms with Crippen molar-refractivity contribution >= 4 is 33.2 Å². The number of primary amides is 1. The molecule has 0 spiro atoms. The van der Waals surface area contributed by atoms with Crippen molar-refractivity contribution in [2.75, 3.05) is 12.3 Å². The first-order valence-electron chi connectivity index (χ1n) is 6.19. The van der Waals surface area contributed by atoms with Gasteiger partial charge in [-0.2, -0.15) is 4.31 Å². The maximum atomic E-state index is 12.6. The molecule has 1 saturated heterocycles. The van der Waals surface area contributed by atoms with Gasteiger partial charge < -0.3 is 16.6 Å². The Bertz CT molecular complexity index is 669. The summed E-state index contributed by atoms with van der Waals surface area (Å²) in [6, 6.07) is 1.53. The minimum absolute atomic E-state index is 0.0172. The zero-order chi connectivity index (χ0) is 15.9. The van der Waals surface area contributed by atoms with Gasteiger partial charge in [0.15, 0.2) is 0 Å². The van der Waals surface area contributed by atoms with Crippen LogP contribution in [-0.2, 0) is 14.8 Å². The van der Waals surface area contributed by atoms with Crippen molar-refractivity contribution < 1.29 is 18.3 Å². The number of nitrogens with two attached hydrogens (primary N) is 2. The summed E-state index contributed by atoms with van der Waals surface area (Å²) in [7, 11) is -3.99. The number of anilines is 1. The number of β-amino-alcohol motifs (C(OH)–C–C–N with tert-alkyl or cyclic N) is 1. The van der Waals surface area contributed by atoms with Crippen LogP contribution >= 0.6 is 11.6 Å². The number of amides is 1. The van der Waals surface area contributed by atoms with Crippen molar-refractivity contribution in [3.05, 3.63) is 22.7 Å². The minimum atomic E-state index is -3.99. The van der Waals surface area contributed by atoms with Gasteiger partial charge in [0.1, 0.15) is 6.04 Å². The molecule has 1 heterocycles. The first-order chi connectivity index (χ1) is 9.64. The van der Waals surface area contributed by atoms with Crippen LogP contribution in [0, 0.1) is 6.92 Å². The first-order valence-corrected chi connectivity index (χ1v) is 8.01. The van der Waals surface area contributed by atoms with Crippen molar-refractivity contribution in [2.24, 2.45) is 5.73 Å². The van der Waals surface area contributed by atoms with Crippen LogP contribution in [0.5, 0.6) is 0 Å². The number of carbonyl (C=O) groups excluding carboxylic acids is 1. The molecule has 0 aromatic heterocycles. The molecular formula is C12H16ClN3O4S. The summed E-state index contributed by atoms with van der Waals surface area (Å²) in [5.41, 5.74) is 11.5. The van der Waals surface area contributed by atoms with Gasteiger partial charge in [0.25, 0.3) is 0 Å². The van der Waals surface area contributed by atoms with Crippen molar-refractivity contribution in [1.82, 2.24) is 4.31 Å². The Morgan fingerprint density at radius 3 is 2.62 bits per heavy atom. The van der Waals surface area contributed by atoms with Crippen molar-refractivity contribution in [3.8, 4) is 0 Å². The second-order valence-electron chi connectivity index (χ2n) is 5.03. The smallest absolute Gasteiger partial charge is 0.243 e. The molecule has 5 N–H and O–H groups in total. The van der Waals surface area contributed by atoms with Crippen LogP contribution in [-0.4, -0.2) is 42.4 Å². The summed E-state index contributed by atoms with van der Waals surface area (Å²) in [5.74, 6) is -0.797. The lowest BCUT2D eigenvalue weighted by molar-refractivity contribution is -0.121. The van der Waals surface area contributed by atoms with E-state index in [1.807, 2.05) is 0 Å². The zero-order valence-corrected chi connectivity index (χ0v) is 12.9. The fraction of sp³-hybridized carbons (Fsp3) is 0.417. The van der Waals surface area contributed by atoms with E-state index in [1.54, 1.807) is 6.92 Å². The van der Waals surface area contributed by atoms with E-state index in [9.17, 15) is 18.3 Å². The molecule has 1 aliphatic heterocycles. The SMILES string of the molecule is Cc1cc(S(=O)(=O)N2CC(O)CC2C(N)=O)cc(N)c1Cl. The van der Waals surface area contributed by atoms with Crippen LogP contribution in [0.4, 0.5) is 5.69 Å². The second-order valence-corrected chi connectivity index (χ2v) is 7.29. The number of aliphatic hydroxyl groups is 1. The third-order valence-corrected chi connectivity index (χ3v) is 5.79. The number of nitrogen functional groups attached to an aromatic ring is 1. The van der Waals surface area contributed by atoms with Crippen LogP contribution in [0.3, 0.4) is 0 Å². The van der Waals surface area contributed by atoms with Gasteiger partial charge >= 0.3 is 0 Å². The number of nitrogens with zero attached hydrogens (tertiary/aromatic N) is 1. The molecular weight excluding hydrogens is 318 g/mol. The predicted molar refractivity (Wildman–Crippen MR) is 78.1 cm³/mol. The van der Waals surface area contributed by atoms with Gasteiger partial charge in [-0.25, -0.2) is 8.42 Å². The quantitative estimate of drug-likeness (QED) is 0.662. The Morgan fingerprint density at radius 2 is 2.10 bits per heavy atom. The number of carbonyl (C=O) groups is 1. The summed E-state index contributed by atoms with van der Waals surface area (Å²) >= 11 is 5.91. The van der Waals surface area contributed by atoms with Crippen LogP contribution in [0.1, 0.15) is 12.0 Å². The fourth-order valence-corrected chi connectivity index (χ4v) is 4.23. The standard InChI is InChI=1S/C12H16ClN3O4S/c1-6-2-8(4-9(14)11(6)13)21(19,20)16-5-7(17)3-10(16)12(15)18/h2,4,7,10,17H,3,5,14H2,1H3,(H2,15,18). The predicted octanol–water partition coefficient (Wildman–Crippen LogP) is -0.160. The van der Waals surface area contributed by atoms with E-state index in [-0.39, 0.29) is 28.6 Å². The van der Waals surface area contributed by atoms with Crippen molar-refractivity contribution in [1.29, 1.82) is 0 Å². The van der Waals surface area contributed by atoms with Crippen LogP contribution in [0.25, 0.3) is 0 Å². The molecule has 1 aromatic rings. The highest BCUT2D eigenvalue weighted by molar-refractivity contribution is 7.89. The van der Waals surface area contributed by atoms with Gasteiger partial charge in [0, 0.05) is 13.0 Å². The molecule has 0 aliphatic carbocycles. The van der Waals surface area contributed by atoms with E-state index in [4.69, 9.17) is 23.1 Å². The Kier molecular flexibility index (Phi) is 4.16. The third-order valence-electron chi connectivity index (χ3n) is 3.42. The number of hydrogen-bond acceptors (Lipinski definition) is 5. The molecule has 9 heteroatoms. The largest absolute Gasteiger partial charge is 0.397 e. The molecule has 1 aliphatic rings. The molecule has 21 heavy (non-hydrogen) atoms. The number of aliphatic hydroxyl groups excluding tert-OH is 1. The number of sulfonamides is 1. The fourth-order valence-electron chi connectivity index (χ4n) is 2.36. The summed E-state index contributed by atoms with van der Waals surface area (Å²) in [4.78, 5) is 11.3. The number of aryl methyl sites for hydroxylation is 1. The molecule has 2 atom stereocenters. The minimum Gasteiger partial charge on any atom is -0.397 e. The van der Waals surface area contributed by atoms with Gasteiger partial charge in [-0.05, 0) is 24.6 Å². The first kappa shape index (κ1) is 16.0. The molecule has 7 nitrogen and oxygen atoms in total. The Hall–Kier alpha value is -1.35. The van der Waals surface area contributed by atoms with Gasteiger partial charge in [-0.15, -0.1) is 0 Å². The van der Waals surface area contributed by atoms with Crippen LogP contribution < -0.4 is 11.5 Å². The number of halogens is 1. The number of rotatable bonds is 3. The molecule has 116 valence electrons. The lowest BCUT2D eigenvalue weighted by Gasteiger charge is -2.22. The molecule has 2 rings (SSSR count). The van der Waals surface area contributed by atoms with E-state index in [0.717, 1.165) is 4.31 Å². The molecule has 0 bridgehead atoms. The monoisotopic (exact) mass is 333 g/mol. The number of benzene rings is 1. The molecule has 1 aromatic carbocycles. The van der Waals surface area contributed by atoms with Crippen LogP contribution in [0.2, 0.25) is 5.02 Å². The molecule has 1 fully saturated rings. The third kappa shape index (κ3) is 2.84. The average Bonchev–Trinajstić information content (AvgIpc) is 2.78. The second kappa shape index (κ2) is 5.45. The Labute approximate surface area is 127 Å². The molecule has 2 unspecified atom stereocenters. The van der Waals surface area contributed by atoms with Crippen LogP contribution in [0.15, 0.2) is 17.0 Å². The van der Waals surface area contributed by atoms with Gasteiger partial charge in [0.2, 0.25) is 15.9 Å². The normalized spacial score (nSPS) is 23.4. The molecule has 0 radical (unpaired) electrons. The van der Waals surface area contributed by atoms with Gasteiger partial charge in [0.05, 0.1) is 21.7 Å². The van der Waals surface area contributed by atoms with E-state index < -0.39 is 28.1 Å². The highest BCUT2D eigenvalue weighted by atomic mass is 35.5. The summed E-state index contributed by atoms with van der Waals surface area (Å²) < 4.78 is 26.1. The maximum Gasteiger partial charge on any atom is 0.243 e. The maximum absolute atomic E-state index is 12.6. The highest BCUT2D eigenvalue weighted by Crippen LogP contribution is 2.31.